The van der Waals surface area contributed by atoms with E-state index < -0.39 is 24.7 Å². The van der Waals surface area contributed by atoms with Crippen LogP contribution in [0.15, 0.2) is 18.2 Å². The van der Waals surface area contributed by atoms with Crippen LogP contribution in [0.1, 0.15) is 13.8 Å². The predicted molar refractivity (Wildman–Crippen MR) is 77.3 cm³/mol. The topological polar surface area (TPSA) is 58.4 Å². The molecule has 0 aliphatic heterocycles. The van der Waals surface area contributed by atoms with Crippen LogP contribution in [0.3, 0.4) is 0 Å². The number of carbonyl (C=O) groups excluding carboxylic acids is 1. The summed E-state index contributed by atoms with van der Waals surface area (Å²) in [5, 5.41) is 2.84. The van der Waals surface area contributed by atoms with Gasteiger partial charge in [-0.1, -0.05) is 11.6 Å². The molecule has 0 aromatic heterocycles. The number of hydrogen-bond donors (Lipinski definition) is 2. The molecule has 1 rings (SSSR count). The van der Waals surface area contributed by atoms with Gasteiger partial charge in [0, 0.05) is 11.7 Å². The van der Waals surface area contributed by atoms with Crippen LogP contribution in [0.5, 0.6) is 0 Å². The number of rotatable bonds is 5. The first kappa shape index (κ1) is 17.6. The lowest BCUT2D eigenvalue weighted by Crippen LogP contribution is -2.43. The fraction of sp³-hybridized carbons (Fsp3) is 0.462. The molecule has 0 unspecified atom stereocenters. The minimum atomic E-state index is -4.35. The molecule has 1 aromatic carbocycles. The van der Waals surface area contributed by atoms with E-state index in [1.165, 1.54) is 18.2 Å². The number of amides is 1. The summed E-state index contributed by atoms with van der Waals surface area (Å²) in [4.78, 5) is 12.9. The third kappa shape index (κ3) is 6.22. The predicted octanol–water partition coefficient (Wildman–Crippen LogP) is 3.13. The largest absolute Gasteiger partial charge is 0.401 e. The second-order valence-corrected chi connectivity index (χ2v) is 5.31. The minimum Gasteiger partial charge on any atom is -0.397 e. The SMILES string of the molecule is CC(C)N(CC(=O)Nc1ccc(Cl)c(N)c1)CC(F)(F)F. The highest BCUT2D eigenvalue weighted by Gasteiger charge is 2.32. The number of nitrogen functional groups attached to an aromatic ring is 1. The average Bonchev–Trinajstić information content (AvgIpc) is 2.31. The number of carbonyl (C=O) groups is 1. The Balaban J connectivity index is 2.67. The summed E-state index contributed by atoms with van der Waals surface area (Å²) in [5.74, 6) is -0.547. The molecule has 0 fully saturated rings. The van der Waals surface area contributed by atoms with E-state index >= 15 is 0 Å². The van der Waals surface area contributed by atoms with Gasteiger partial charge in [0.25, 0.3) is 0 Å². The fourth-order valence-electron chi connectivity index (χ4n) is 1.66. The molecule has 0 aliphatic rings. The first-order chi connectivity index (χ1) is 9.58. The number of nitrogens with zero attached hydrogens (tertiary/aromatic N) is 1. The molecule has 0 bridgehead atoms. The molecule has 0 saturated carbocycles. The van der Waals surface area contributed by atoms with E-state index in [0.29, 0.717) is 10.7 Å². The molecular weight excluding hydrogens is 307 g/mol. The zero-order valence-electron chi connectivity index (χ0n) is 11.7. The van der Waals surface area contributed by atoms with Gasteiger partial charge in [0.05, 0.1) is 23.8 Å². The van der Waals surface area contributed by atoms with Crippen LogP contribution in [0, 0.1) is 0 Å². The van der Waals surface area contributed by atoms with Crippen molar-refractivity contribution in [2.24, 2.45) is 0 Å². The molecular formula is C13H17ClF3N3O. The van der Waals surface area contributed by atoms with Crippen molar-refractivity contribution in [2.75, 3.05) is 24.1 Å². The number of alkyl halides is 3. The van der Waals surface area contributed by atoms with Crippen molar-refractivity contribution >= 4 is 28.9 Å². The summed E-state index contributed by atoms with van der Waals surface area (Å²) in [7, 11) is 0. The van der Waals surface area contributed by atoms with E-state index in [0.717, 1.165) is 4.90 Å². The maximum atomic E-state index is 12.4. The molecule has 0 spiro atoms. The van der Waals surface area contributed by atoms with Crippen molar-refractivity contribution in [3.8, 4) is 0 Å². The Hall–Kier alpha value is -1.47. The highest BCUT2D eigenvalue weighted by atomic mass is 35.5. The lowest BCUT2D eigenvalue weighted by molar-refractivity contribution is -0.151. The Morgan fingerprint density at radius 2 is 2.05 bits per heavy atom. The Morgan fingerprint density at radius 1 is 1.43 bits per heavy atom. The van der Waals surface area contributed by atoms with Gasteiger partial charge in [-0.15, -0.1) is 0 Å². The van der Waals surface area contributed by atoms with Gasteiger partial charge in [0.2, 0.25) is 5.91 Å². The maximum Gasteiger partial charge on any atom is 0.401 e. The zero-order chi connectivity index (χ0) is 16.2. The monoisotopic (exact) mass is 323 g/mol. The quantitative estimate of drug-likeness (QED) is 0.818. The first-order valence-corrected chi connectivity index (χ1v) is 6.62. The molecule has 8 heteroatoms. The standard InChI is InChI=1S/C13H17ClF3N3O/c1-8(2)20(7-13(15,16)17)6-12(21)19-9-3-4-10(14)11(18)5-9/h3-5,8H,6-7,18H2,1-2H3,(H,19,21). The number of hydrogen-bond acceptors (Lipinski definition) is 3. The third-order valence-electron chi connectivity index (χ3n) is 2.74. The Kier molecular flexibility index (Phi) is 5.86. The minimum absolute atomic E-state index is 0.283. The number of nitrogens with two attached hydrogens (primary N) is 1. The Morgan fingerprint density at radius 3 is 2.52 bits per heavy atom. The molecule has 1 amide bonds. The van der Waals surface area contributed by atoms with Crippen molar-refractivity contribution in [2.45, 2.75) is 26.1 Å². The zero-order valence-corrected chi connectivity index (χ0v) is 12.4. The van der Waals surface area contributed by atoms with Crippen LogP contribution in [-0.2, 0) is 4.79 Å². The van der Waals surface area contributed by atoms with Crippen LogP contribution < -0.4 is 11.1 Å². The molecule has 0 aliphatic carbocycles. The van der Waals surface area contributed by atoms with Crippen LogP contribution in [0.4, 0.5) is 24.5 Å². The number of benzene rings is 1. The summed E-state index contributed by atoms with van der Waals surface area (Å²) >= 11 is 5.74. The maximum absolute atomic E-state index is 12.4. The summed E-state index contributed by atoms with van der Waals surface area (Å²) in [6.45, 7) is 1.69. The molecule has 0 heterocycles. The fourth-order valence-corrected chi connectivity index (χ4v) is 1.78. The second kappa shape index (κ2) is 7.00. The first-order valence-electron chi connectivity index (χ1n) is 6.24. The van der Waals surface area contributed by atoms with Crippen molar-refractivity contribution in [3.63, 3.8) is 0 Å². The lowest BCUT2D eigenvalue weighted by Gasteiger charge is -2.26. The van der Waals surface area contributed by atoms with Gasteiger partial charge in [-0.3, -0.25) is 9.69 Å². The average molecular weight is 324 g/mol. The van der Waals surface area contributed by atoms with Crippen LogP contribution in [0.2, 0.25) is 5.02 Å². The van der Waals surface area contributed by atoms with E-state index in [-0.39, 0.29) is 12.2 Å². The Labute approximate surface area is 126 Å². The van der Waals surface area contributed by atoms with Gasteiger partial charge in [-0.05, 0) is 32.0 Å². The van der Waals surface area contributed by atoms with Crippen molar-refractivity contribution in [1.29, 1.82) is 0 Å². The van der Waals surface area contributed by atoms with E-state index in [2.05, 4.69) is 5.32 Å². The molecule has 118 valence electrons. The highest BCUT2D eigenvalue weighted by Crippen LogP contribution is 2.22. The number of anilines is 2. The van der Waals surface area contributed by atoms with E-state index in [1.807, 2.05) is 0 Å². The van der Waals surface area contributed by atoms with E-state index in [1.54, 1.807) is 13.8 Å². The molecule has 0 saturated heterocycles. The van der Waals surface area contributed by atoms with Crippen LogP contribution in [0.25, 0.3) is 0 Å². The van der Waals surface area contributed by atoms with Crippen molar-refractivity contribution < 1.29 is 18.0 Å². The molecule has 4 nitrogen and oxygen atoms in total. The van der Waals surface area contributed by atoms with Gasteiger partial charge in [-0.25, -0.2) is 0 Å². The lowest BCUT2D eigenvalue weighted by atomic mass is 10.2. The highest BCUT2D eigenvalue weighted by molar-refractivity contribution is 6.33. The normalized spacial score (nSPS) is 12.0. The molecule has 21 heavy (non-hydrogen) atoms. The van der Waals surface area contributed by atoms with Gasteiger partial charge in [0.15, 0.2) is 0 Å². The third-order valence-corrected chi connectivity index (χ3v) is 3.08. The summed E-state index contributed by atoms with van der Waals surface area (Å²) < 4.78 is 37.3. The van der Waals surface area contributed by atoms with Crippen LogP contribution >= 0.6 is 11.6 Å². The molecule has 0 radical (unpaired) electrons. The summed E-state index contributed by atoms with van der Waals surface area (Å²) in [5.41, 5.74) is 6.26. The molecule has 0 atom stereocenters. The van der Waals surface area contributed by atoms with E-state index in [4.69, 9.17) is 17.3 Å². The van der Waals surface area contributed by atoms with Gasteiger partial charge in [0.1, 0.15) is 0 Å². The summed E-state index contributed by atoms with van der Waals surface area (Å²) in [6, 6.07) is 4.07. The molecule has 3 N–H and O–H groups in total. The smallest absolute Gasteiger partial charge is 0.397 e. The van der Waals surface area contributed by atoms with Crippen LogP contribution in [-0.4, -0.2) is 36.1 Å². The van der Waals surface area contributed by atoms with Gasteiger partial charge >= 0.3 is 6.18 Å². The molecule has 1 aromatic rings. The van der Waals surface area contributed by atoms with E-state index in [9.17, 15) is 18.0 Å². The Bertz CT molecular complexity index is 506. The van der Waals surface area contributed by atoms with Crippen molar-refractivity contribution in [1.82, 2.24) is 4.90 Å². The summed E-state index contributed by atoms with van der Waals surface area (Å²) in [6.07, 6.45) is -4.35. The van der Waals surface area contributed by atoms with Gasteiger partial charge < -0.3 is 11.1 Å². The number of nitrogens with one attached hydrogen (secondary N) is 1. The second-order valence-electron chi connectivity index (χ2n) is 4.90. The van der Waals surface area contributed by atoms with Gasteiger partial charge in [-0.2, -0.15) is 13.2 Å². The number of halogens is 4. The van der Waals surface area contributed by atoms with Crippen molar-refractivity contribution in [3.05, 3.63) is 23.2 Å².